The van der Waals surface area contributed by atoms with E-state index < -0.39 is 0 Å². The van der Waals surface area contributed by atoms with Crippen LogP contribution in [-0.2, 0) is 6.54 Å². The normalized spacial score (nSPS) is 10.2. The van der Waals surface area contributed by atoms with E-state index in [1.807, 2.05) is 31.2 Å². The third-order valence-corrected chi connectivity index (χ3v) is 4.57. The highest BCUT2D eigenvalue weighted by molar-refractivity contribution is 7.17. The van der Waals surface area contributed by atoms with Crippen LogP contribution in [0.4, 0.5) is 0 Å². The number of carbonyl (C=O) groups is 1. The topological polar surface area (TPSA) is 78.7 Å². The molecule has 2 aromatic heterocycles. The number of aryl methyl sites for hydroxylation is 1. The predicted molar refractivity (Wildman–Crippen MR) is 92.4 cm³/mol. The lowest BCUT2D eigenvalue weighted by molar-refractivity contribution is 0.0954. The minimum Gasteiger partial charge on any atom is -0.347 e. The summed E-state index contributed by atoms with van der Waals surface area (Å²) in [6, 6.07) is 14.9. The number of nitrogens with one attached hydrogen (secondary N) is 1. The quantitative estimate of drug-likeness (QED) is 0.794. The van der Waals surface area contributed by atoms with Crippen molar-refractivity contribution < 1.29 is 4.79 Å². The van der Waals surface area contributed by atoms with Crippen LogP contribution in [0.25, 0.3) is 10.7 Å². The van der Waals surface area contributed by atoms with Crippen molar-refractivity contribution in [2.45, 2.75) is 13.5 Å². The van der Waals surface area contributed by atoms with Crippen molar-refractivity contribution in [3.05, 3.63) is 70.4 Å². The van der Waals surface area contributed by atoms with Crippen LogP contribution < -0.4 is 5.32 Å². The molecule has 0 aliphatic carbocycles. The fraction of sp³-hybridized carbons (Fsp3) is 0.111. The minimum atomic E-state index is -0.172. The number of thiazole rings is 1. The van der Waals surface area contributed by atoms with E-state index in [0.717, 1.165) is 16.3 Å². The highest BCUT2D eigenvalue weighted by Gasteiger charge is 2.16. The summed E-state index contributed by atoms with van der Waals surface area (Å²) >= 11 is 1.33. The second-order valence-electron chi connectivity index (χ2n) is 5.14. The summed E-state index contributed by atoms with van der Waals surface area (Å²) in [6.45, 7) is 2.18. The second-order valence-corrected chi connectivity index (χ2v) is 6.14. The zero-order valence-corrected chi connectivity index (χ0v) is 13.8. The van der Waals surface area contributed by atoms with Crippen LogP contribution in [-0.4, -0.2) is 15.9 Å². The molecule has 1 N–H and O–H groups in total. The van der Waals surface area contributed by atoms with Crippen molar-refractivity contribution in [3.8, 4) is 16.8 Å². The standard InChI is InChI=1S/C18H14N4OS/c1-12-16(24-18(22-12)15-7-2-3-8-20-15)17(23)21-11-14-6-4-5-13(9-14)10-19/h2-9H,11H2,1H3,(H,21,23). The third-order valence-electron chi connectivity index (χ3n) is 3.40. The summed E-state index contributed by atoms with van der Waals surface area (Å²) < 4.78 is 0. The molecule has 1 amide bonds. The van der Waals surface area contributed by atoms with Crippen molar-refractivity contribution in [2.75, 3.05) is 0 Å². The number of aromatic nitrogens is 2. The van der Waals surface area contributed by atoms with E-state index >= 15 is 0 Å². The van der Waals surface area contributed by atoms with Crippen LogP contribution >= 0.6 is 11.3 Å². The van der Waals surface area contributed by atoms with Gasteiger partial charge in [0.15, 0.2) is 0 Å². The Morgan fingerprint density at radius 2 is 2.17 bits per heavy atom. The first kappa shape index (κ1) is 15.8. The maximum absolute atomic E-state index is 12.4. The van der Waals surface area contributed by atoms with Gasteiger partial charge in [-0.05, 0) is 36.8 Å². The molecule has 118 valence electrons. The number of nitriles is 1. The van der Waals surface area contributed by atoms with E-state index in [2.05, 4.69) is 21.4 Å². The summed E-state index contributed by atoms with van der Waals surface area (Å²) in [7, 11) is 0. The summed E-state index contributed by atoms with van der Waals surface area (Å²) in [5.74, 6) is -0.172. The second kappa shape index (κ2) is 7.02. The molecule has 0 saturated carbocycles. The molecule has 0 spiro atoms. The SMILES string of the molecule is Cc1nc(-c2ccccn2)sc1C(=O)NCc1cccc(C#N)c1. The van der Waals surface area contributed by atoms with Crippen molar-refractivity contribution in [2.24, 2.45) is 0 Å². The van der Waals surface area contributed by atoms with Gasteiger partial charge in [-0.2, -0.15) is 5.26 Å². The van der Waals surface area contributed by atoms with Gasteiger partial charge < -0.3 is 5.32 Å². The van der Waals surface area contributed by atoms with Crippen molar-refractivity contribution in [3.63, 3.8) is 0 Å². The van der Waals surface area contributed by atoms with Gasteiger partial charge in [-0.1, -0.05) is 18.2 Å². The molecule has 0 saturated heterocycles. The number of benzene rings is 1. The fourth-order valence-corrected chi connectivity index (χ4v) is 3.18. The Kier molecular flexibility index (Phi) is 4.64. The molecule has 0 unspecified atom stereocenters. The summed E-state index contributed by atoms with van der Waals surface area (Å²) in [5, 5.41) is 12.5. The number of hydrogen-bond acceptors (Lipinski definition) is 5. The van der Waals surface area contributed by atoms with E-state index in [4.69, 9.17) is 5.26 Å². The Labute approximate surface area is 143 Å². The van der Waals surface area contributed by atoms with Crippen LogP contribution in [0.2, 0.25) is 0 Å². The number of nitrogens with zero attached hydrogens (tertiary/aromatic N) is 3. The smallest absolute Gasteiger partial charge is 0.263 e. The molecule has 3 rings (SSSR count). The van der Waals surface area contributed by atoms with E-state index in [-0.39, 0.29) is 5.91 Å². The fourth-order valence-electron chi connectivity index (χ4n) is 2.22. The molecule has 0 atom stereocenters. The number of pyridine rings is 1. The van der Waals surface area contributed by atoms with Crippen LogP contribution in [0, 0.1) is 18.3 Å². The molecule has 0 radical (unpaired) electrons. The highest BCUT2D eigenvalue weighted by atomic mass is 32.1. The maximum atomic E-state index is 12.4. The monoisotopic (exact) mass is 334 g/mol. The van der Waals surface area contributed by atoms with E-state index in [9.17, 15) is 4.79 Å². The van der Waals surface area contributed by atoms with Gasteiger partial charge in [0.2, 0.25) is 0 Å². The lowest BCUT2D eigenvalue weighted by Crippen LogP contribution is -2.22. The predicted octanol–water partition coefficient (Wildman–Crippen LogP) is 3.32. The molecule has 24 heavy (non-hydrogen) atoms. The first-order valence-electron chi connectivity index (χ1n) is 7.33. The Balaban J connectivity index is 1.74. The highest BCUT2D eigenvalue weighted by Crippen LogP contribution is 2.26. The number of rotatable bonds is 4. The molecular formula is C18H14N4OS. The number of amides is 1. The first-order valence-corrected chi connectivity index (χ1v) is 8.15. The molecule has 1 aromatic carbocycles. The first-order chi connectivity index (χ1) is 11.7. The maximum Gasteiger partial charge on any atom is 0.263 e. The Morgan fingerprint density at radius 1 is 1.29 bits per heavy atom. The molecule has 3 aromatic rings. The van der Waals surface area contributed by atoms with Crippen LogP contribution in [0.15, 0.2) is 48.7 Å². The molecular weight excluding hydrogens is 320 g/mol. The van der Waals surface area contributed by atoms with Gasteiger partial charge in [-0.3, -0.25) is 9.78 Å². The molecule has 0 fully saturated rings. The summed E-state index contributed by atoms with van der Waals surface area (Å²) in [4.78, 5) is 21.7. The van der Waals surface area contributed by atoms with Crippen LogP contribution in [0.5, 0.6) is 0 Å². The van der Waals surface area contributed by atoms with Crippen molar-refractivity contribution in [1.29, 1.82) is 5.26 Å². The third kappa shape index (κ3) is 3.47. The van der Waals surface area contributed by atoms with Crippen molar-refractivity contribution in [1.82, 2.24) is 15.3 Å². The van der Waals surface area contributed by atoms with Gasteiger partial charge in [0.25, 0.3) is 5.91 Å². The van der Waals surface area contributed by atoms with Crippen LogP contribution in [0.1, 0.15) is 26.5 Å². The molecule has 2 heterocycles. The number of hydrogen-bond donors (Lipinski definition) is 1. The Morgan fingerprint density at radius 3 is 2.92 bits per heavy atom. The van der Waals surface area contributed by atoms with Gasteiger partial charge in [0, 0.05) is 12.7 Å². The Bertz CT molecular complexity index is 912. The van der Waals surface area contributed by atoms with Gasteiger partial charge in [-0.25, -0.2) is 4.98 Å². The molecule has 0 aliphatic heterocycles. The molecule has 0 aliphatic rings. The lowest BCUT2D eigenvalue weighted by Gasteiger charge is -2.04. The molecule has 0 bridgehead atoms. The van der Waals surface area contributed by atoms with Gasteiger partial charge in [0.1, 0.15) is 9.88 Å². The molecule has 6 heteroatoms. The zero-order valence-electron chi connectivity index (χ0n) is 13.0. The van der Waals surface area contributed by atoms with Gasteiger partial charge >= 0.3 is 0 Å². The average Bonchev–Trinajstić information content (AvgIpc) is 3.02. The van der Waals surface area contributed by atoms with E-state index in [0.29, 0.717) is 22.7 Å². The van der Waals surface area contributed by atoms with E-state index in [1.54, 1.807) is 24.4 Å². The molecule has 5 nitrogen and oxygen atoms in total. The summed E-state index contributed by atoms with van der Waals surface area (Å²) in [5.41, 5.74) is 2.90. The number of carbonyl (C=O) groups excluding carboxylic acids is 1. The Hall–Kier alpha value is -3.04. The lowest BCUT2D eigenvalue weighted by atomic mass is 10.1. The average molecular weight is 334 g/mol. The van der Waals surface area contributed by atoms with Gasteiger partial charge in [-0.15, -0.1) is 11.3 Å². The minimum absolute atomic E-state index is 0.172. The van der Waals surface area contributed by atoms with Gasteiger partial charge in [0.05, 0.1) is 23.0 Å². The zero-order chi connectivity index (χ0) is 16.9. The van der Waals surface area contributed by atoms with E-state index in [1.165, 1.54) is 11.3 Å². The van der Waals surface area contributed by atoms with Crippen LogP contribution in [0.3, 0.4) is 0 Å². The largest absolute Gasteiger partial charge is 0.347 e. The van der Waals surface area contributed by atoms with Crippen molar-refractivity contribution >= 4 is 17.2 Å². The summed E-state index contributed by atoms with van der Waals surface area (Å²) in [6.07, 6.45) is 1.70.